The van der Waals surface area contributed by atoms with Gasteiger partial charge in [-0.05, 0) is 17.7 Å². The van der Waals surface area contributed by atoms with E-state index in [9.17, 15) is 28.8 Å². The van der Waals surface area contributed by atoms with Gasteiger partial charge in [-0.3, -0.25) is 4.72 Å². The number of ether oxygens (including phenoxy) is 1. The lowest BCUT2D eigenvalue weighted by molar-refractivity contribution is -0.0789. The summed E-state index contributed by atoms with van der Waals surface area (Å²) in [6.07, 6.45) is 5.80. The molecule has 2 atom stereocenters. The summed E-state index contributed by atoms with van der Waals surface area (Å²) in [5.41, 5.74) is 0.516. The van der Waals surface area contributed by atoms with Gasteiger partial charge in [-0.25, -0.2) is 8.42 Å². The lowest BCUT2D eigenvalue weighted by Gasteiger charge is -2.47. The molecule has 148 valence electrons. The second kappa shape index (κ2) is 7.24. The first-order valence-corrected chi connectivity index (χ1v) is 10.1. The molecule has 0 spiro atoms. The topological polar surface area (TPSA) is 136 Å². The van der Waals surface area contributed by atoms with E-state index in [0.29, 0.717) is 11.3 Å². The minimum atomic E-state index is -3.73. The molecule has 1 aliphatic carbocycles. The molecule has 0 radical (unpaired) electrons. The number of phenolic OH excluding ortho intramolecular Hbond substituents is 2. The number of rotatable bonds is 5. The maximum atomic E-state index is 11.6. The molecule has 2 aromatic rings. The fraction of sp³-hybridized carbons (Fsp3) is 0.263. The van der Waals surface area contributed by atoms with Crippen LogP contribution in [0.15, 0.2) is 36.4 Å². The van der Waals surface area contributed by atoms with Crippen molar-refractivity contribution >= 4 is 15.7 Å². The van der Waals surface area contributed by atoms with E-state index in [-0.39, 0.29) is 17.0 Å². The predicted molar refractivity (Wildman–Crippen MR) is 102 cm³/mol. The Kier molecular flexibility index (Phi) is 5.12. The molecule has 5 N–H and O–H groups in total. The number of sulfonamides is 1. The number of anilines is 1. The quantitative estimate of drug-likeness (QED) is 0.469. The van der Waals surface area contributed by atoms with Crippen molar-refractivity contribution in [3.05, 3.63) is 47.5 Å². The molecule has 0 heterocycles. The highest BCUT2D eigenvalue weighted by atomic mass is 32.2. The van der Waals surface area contributed by atoms with Crippen LogP contribution >= 0.6 is 0 Å². The second-order valence-corrected chi connectivity index (χ2v) is 8.37. The van der Waals surface area contributed by atoms with E-state index in [2.05, 4.69) is 4.72 Å². The summed E-state index contributed by atoms with van der Waals surface area (Å²) in [6, 6.07) is 8.60. The van der Waals surface area contributed by atoms with Crippen LogP contribution in [0, 0.1) is 12.5 Å². The molecule has 2 aromatic carbocycles. The van der Waals surface area contributed by atoms with Gasteiger partial charge in [-0.2, -0.15) is 0 Å². The van der Waals surface area contributed by atoms with E-state index >= 15 is 0 Å². The fourth-order valence-corrected chi connectivity index (χ4v) is 4.09. The average molecular weight is 405 g/mol. The second-order valence-electron chi connectivity index (χ2n) is 6.62. The van der Waals surface area contributed by atoms with Gasteiger partial charge in [0.2, 0.25) is 10.0 Å². The van der Waals surface area contributed by atoms with E-state index < -0.39 is 39.8 Å². The number of hydrogen-bond acceptors (Lipinski definition) is 7. The maximum Gasteiger partial charge on any atom is 0.229 e. The smallest absolute Gasteiger partial charge is 0.229 e. The van der Waals surface area contributed by atoms with Crippen LogP contribution in [-0.4, -0.2) is 47.3 Å². The largest absolute Gasteiger partial charge is 0.508 e. The van der Waals surface area contributed by atoms with Crippen molar-refractivity contribution in [3.8, 4) is 29.8 Å². The van der Waals surface area contributed by atoms with Crippen LogP contribution in [0.5, 0.6) is 17.2 Å². The highest BCUT2D eigenvalue weighted by Crippen LogP contribution is 2.53. The Balaban J connectivity index is 1.93. The fourth-order valence-electron chi connectivity index (χ4n) is 3.52. The standard InChI is InChI=1S/C19H19NO7S/c1-3-27-12-6-4-10(5-7-12)15-18(23)17(19(15)24)16-13(20-28(2,25)26)8-11(21)9-14(16)22/h1,4-9,15,17-24H,2H3. The molecule has 0 bridgehead atoms. The zero-order valence-electron chi connectivity index (χ0n) is 14.8. The van der Waals surface area contributed by atoms with Crippen molar-refractivity contribution in [3.63, 3.8) is 0 Å². The van der Waals surface area contributed by atoms with Gasteiger partial charge < -0.3 is 25.2 Å². The minimum absolute atomic E-state index is 0.00626. The van der Waals surface area contributed by atoms with Gasteiger partial charge in [0.05, 0.1) is 24.2 Å². The first-order valence-electron chi connectivity index (χ1n) is 8.24. The van der Waals surface area contributed by atoms with Crippen LogP contribution in [0.2, 0.25) is 0 Å². The molecular weight excluding hydrogens is 386 g/mol. The molecule has 1 aliphatic rings. The summed E-state index contributed by atoms with van der Waals surface area (Å²) >= 11 is 0. The molecule has 8 nitrogen and oxygen atoms in total. The van der Waals surface area contributed by atoms with Crippen molar-refractivity contribution < 1.29 is 33.6 Å². The van der Waals surface area contributed by atoms with Gasteiger partial charge in [0.15, 0.2) is 0 Å². The number of aliphatic hydroxyl groups is 2. The van der Waals surface area contributed by atoms with E-state index in [4.69, 9.17) is 11.2 Å². The monoisotopic (exact) mass is 405 g/mol. The molecular formula is C19H19NO7S. The number of terminal acetylenes is 1. The Morgan fingerprint density at radius 2 is 1.68 bits per heavy atom. The lowest BCUT2D eigenvalue weighted by atomic mass is 9.63. The molecule has 0 aromatic heterocycles. The highest BCUT2D eigenvalue weighted by Gasteiger charge is 2.52. The van der Waals surface area contributed by atoms with E-state index in [1.54, 1.807) is 24.3 Å². The van der Waals surface area contributed by atoms with Crippen LogP contribution in [0.4, 0.5) is 5.69 Å². The molecule has 2 unspecified atom stereocenters. The number of phenols is 2. The van der Waals surface area contributed by atoms with Gasteiger partial charge >= 0.3 is 0 Å². The van der Waals surface area contributed by atoms with Crippen molar-refractivity contribution in [1.29, 1.82) is 0 Å². The van der Waals surface area contributed by atoms with Crippen LogP contribution < -0.4 is 9.46 Å². The Labute approximate surface area is 162 Å². The van der Waals surface area contributed by atoms with E-state index in [1.165, 1.54) is 0 Å². The Hall–Kier alpha value is -2.93. The summed E-state index contributed by atoms with van der Waals surface area (Å²) in [4.78, 5) is 0. The number of benzene rings is 2. The summed E-state index contributed by atoms with van der Waals surface area (Å²) in [5.74, 6) is -2.00. The summed E-state index contributed by atoms with van der Waals surface area (Å²) < 4.78 is 30.3. The number of hydrogen-bond donors (Lipinski definition) is 5. The van der Waals surface area contributed by atoms with Crippen molar-refractivity contribution in [2.24, 2.45) is 0 Å². The van der Waals surface area contributed by atoms with Crippen molar-refractivity contribution in [1.82, 2.24) is 0 Å². The summed E-state index contributed by atoms with van der Waals surface area (Å²) in [7, 11) is -3.73. The van der Waals surface area contributed by atoms with Crippen LogP contribution in [0.3, 0.4) is 0 Å². The molecule has 9 heteroatoms. The van der Waals surface area contributed by atoms with Crippen LogP contribution in [0.1, 0.15) is 23.0 Å². The summed E-state index contributed by atoms with van der Waals surface area (Å²) in [6.45, 7) is 0. The lowest BCUT2D eigenvalue weighted by Crippen LogP contribution is -2.51. The van der Waals surface area contributed by atoms with Gasteiger partial charge in [0.25, 0.3) is 0 Å². The summed E-state index contributed by atoms with van der Waals surface area (Å²) in [5, 5.41) is 41.2. The predicted octanol–water partition coefficient (Wildman–Crippen LogP) is 1.04. The third-order valence-electron chi connectivity index (χ3n) is 4.69. The molecule has 1 fully saturated rings. The van der Waals surface area contributed by atoms with Crippen molar-refractivity contribution in [2.45, 2.75) is 24.0 Å². The zero-order valence-corrected chi connectivity index (χ0v) is 15.6. The number of nitrogens with one attached hydrogen (secondary N) is 1. The van der Waals surface area contributed by atoms with E-state index in [0.717, 1.165) is 18.4 Å². The normalized spacial score (nSPS) is 24.1. The third-order valence-corrected chi connectivity index (χ3v) is 5.28. The average Bonchev–Trinajstić information content (AvgIpc) is 2.58. The third kappa shape index (κ3) is 3.71. The first-order chi connectivity index (χ1) is 13.1. The van der Waals surface area contributed by atoms with Gasteiger partial charge in [-0.15, -0.1) is 0 Å². The molecule has 0 aliphatic heterocycles. The minimum Gasteiger partial charge on any atom is -0.508 e. The molecule has 1 saturated carbocycles. The maximum absolute atomic E-state index is 11.6. The van der Waals surface area contributed by atoms with Crippen LogP contribution in [0.25, 0.3) is 0 Å². The zero-order chi connectivity index (χ0) is 20.6. The molecule has 0 amide bonds. The Morgan fingerprint density at radius 3 is 2.21 bits per heavy atom. The van der Waals surface area contributed by atoms with Gasteiger partial charge in [0, 0.05) is 29.5 Å². The first kappa shape index (κ1) is 19.8. The molecule has 3 rings (SSSR count). The number of aromatic hydroxyl groups is 2. The Bertz CT molecular complexity index is 1020. The van der Waals surface area contributed by atoms with Gasteiger partial charge in [0.1, 0.15) is 23.4 Å². The Morgan fingerprint density at radius 1 is 1.07 bits per heavy atom. The molecule has 28 heavy (non-hydrogen) atoms. The van der Waals surface area contributed by atoms with Crippen molar-refractivity contribution in [2.75, 3.05) is 11.0 Å². The molecule has 0 saturated heterocycles. The van der Waals surface area contributed by atoms with Crippen LogP contribution in [-0.2, 0) is 10.0 Å². The number of aliphatic hydroxyl groups excluding tert-OH is 2. The van der Waals surface area contributed by atoms with Gasteiger partial charge in [-0.1, -0.05) is 18.6 Å². The SMILES string of the molecule is C#COc1ccc(C2C(O)C(c3c(O)cc(O)cc3NS(C)(=O)=O)C2O)cc1. The van der Waals surface area contributed by atoms with E-state index in [1.807, 2.05) is 6.11 Å². The highest BCUT2D eigenvalue weighted by molar-refractivity contribution is 7.92.